The van der Waals surface area contributed by atoms with Crippen LogP contribution < -0.4 is 9.64 Å². The first kappa shape index (κ1) is 20.9. The van der Waals surface area contributed by atoms with Crippen molar-refractivity contribution in [3.8, 4) is 5.75 Å². The predicted molar refractivity (Wildman–Crippen MR) is 110 cm³/mol. The second-order valence-electron chi connectivity index (χ2n) is 7.03. The zero-order valence-electron chi connectivity index (χ0n) is 16.5. The lowest BCUT2D eigenvalue weighted by Crippen LogP contribution is -2.46. The van der Waals surface area contributed by atoms with Crippen molar-refractivity contribution >= 4 is 17.6 Å². The highest BCUT2D eigenvalue weighted by Crippen LogP contribution is 2.34. The van der Waals surface area contributed by atoms with Crippen molar-refractivity contribution in [2.45, 2.75) is 44.8 Å². The number of carbonyl (C=O) groups excluding carboxylic acids is 2. The molecule has 0 aliphatic carbocycles. The maximum Gasteiger partial charge on any atom is 0.306 e. The first-order chi connectivity index (χ1) is 14.2. The molecule has 0 aromatic heterocycles. The van der Waals surface area contributed by atoms with Crippen LogP contribution in [0.2, 0.25) is 0 Å². The number of unbranched alkanes of at least 4 members (excludes halogenated alkanes) is 2. The van der Waals surface area contributed by atoms with Gasteiger partial charge in [0.25, 0.3) is 5.91 Å². The van der Waals surface area contributed by atoms with E-state index in [1.807, 2.05) is 54.6 Å². The standard InChI is InChI=1S/C23H27NO5/c25-16-14-21-23(27)24(19-11-6-7-12-20(19)29-21)15-8-2-5-13-22(26)28-17-18-9-3-1-4-10-18/h1,3-4,6-7,9-12,21,25H,2,5,8,13-17H2. The summed E-state index contributed by atoms with van der Waals surface area (Å²) in [4.78, 5) is 26.3. The number of benzene rings is 2. The summed E-state index contributed by atoms with van der Waals surface area (Å²) in [6.07, 6.45) is 2.30. The van der Waals surface area contributed by atoms with Crippen LogP contribution in [0.4, 0.5) is 5.69 Å². The number of amides is 1. The molecule has 1 unspecified atom stereocenters. The van der Waals surface area contributed by atoms with E-state index in [0.29, 0.717) is 31.7 Å². The summed E-state index contributed by atoms with van der Waals surface area (Å²) in [6.45, 7) is 0.753. The molecular formula is C23H27NO5. The minimum atomic E-state index is -0.650. The van der Waals surface area contributed by atoms with E-state index in [0.717, 1.165) is 24.1 Å². The van der Waals surface area contributed by atoms with Gasteiger partial charge in [0.2, 0.25) is 0 Å². The number of hydrogen-bond acceptors (Lipinski definition) is 5. The first-order valence-corrected chi connectivity index (χ1v) is 10.1. The van der Waals surface area contributed by atoms with E-state index in [4.69, 9.17) is 9.47 Å². The molecule has 29 heavy (non-hydrogen) atoms. The fourth-order valence-electron chi connectivity index (χ4n) is 3.33. The molecule has 0 fully saturated rings. The molecule has 6 nitrogen and oxygen atoms in total. The molecule has 1 aliphatic heterocycles. The van der Waals surface area contributed by atoms with Gasteiger partial charge in [0.05, 0.1) is 5.69 Å². The van der Waals surface area contributed by atoms with Crippen LogP contribution in [0.1, 0.15) is 37.7 Å². The number of ether oxygens (including phenoxy) is 2. The van der Waals surface area contributed by atoms with Crippen molar-refractivity contribution in [2.24, 2.45) is 0 Å². The summed E-state index contributed by atoms with van der Waals surface area (Å²) < 4.78 is 11.0. The molecule has 2 aromatic carbocycles. The van der Waals surface area contributed by atoms with Crippen LogP contribution in [0.15, 0.2) is 54.6 Å². The van der Waals surface area contributed by atoms with Gasteiger partial charge in [0, 0.05) is 26.0 Å². The molecule has 0 saturated carbocycles. The van der Waals surface area contributed by atoms with Gasteiger partial charge in [0.15, 0.2) is 6.10 Å². The number of rotatable bonds is 10. The van der Waals surface area contributed by atoms with Gasteiger partial charge in [-0.05, 0) is 30.5 Å². The summed E-state index contributed by atoms with van der Waals surface area (Å²) in [5.74, 6) is 0.333. The van der Waals surface area contributed by atoms with Crippen molar-refractivity contribution in [1.82, 2.24) is 0 Å². The van der Waals surface area contributed by atoms with Crippen molar-refractivity contribution < 1.29 is 24.2 Å². The predicted octanol–water partition coefficient (Wildman–Crippen LogP) is 3.47. The summed E-state index contributed by atoms with van der Waals surface area (Å²) in [7, 11) is 0. The molecule has 1 amide bonds. The van der Waals surface area contributed by atoms with Crippen LogP contribution in [0.3, 0.4) is 0 Å². The van der Waals surface area contributed by atoms with Gasteiger partial charge >= 0.3 is 5.97 Å². The first-order valence-electron chi connectivity index (χ1n) is 10.1. The number of nitrogens with zero attached hydrogens (tertiary/aromatic N) is 1. The van der Waals surface area contributed by atoms with Crippen LogP contribution >= 0.6 is 0 Å². The van der Waals surface area contributed by atoms with Gasteiger partial charge in [-0.25, -0.2) is 0 Å². The molecule has 6 heteroatoms. The third kappa shape index (κ3) is 5.81. The molecule has 0 spiro atoms. The zero-order valence-corrected chi connectivity index (χ0v) is 16.5. The lowest BCUT2D eigenvalue weighted by Gasteiger charge is -2.34. The van der Waals surface area contributed by atoms with E-state index in [-0.39, 0.29) is 24.9 Å². The van der Waals surface area contributed by atoms with Crippen LogP contribution in [0, 0.1) is 0 Å². The van der Waals surface area contributed by atoms with Crippen LogP contribution in [0.25, 0.3) is 0 Å². The average molecular weight is 397 g/mol. The molecule has 0 radical (unpaired) electrons. The Kier molecular flexibility index (Phi) is 7.64. The summed E-state index contributed by atoms with van der Waals surface area (Å²) >= 11 is 0. The number of aliphatic hydroxyl groups is 1. The lowest BCUT2D eigenvalue weighted by molar-refractivity contribution is -0.145. The molecule has 3 rings (SSSR count). The Hall–Kier alpha value is -2.86. The lowest BCUT2D eigenvalue weighted by atomic mass is 10.1. The Bertz CT molecular complexity index is 808. The number of para-hydroxylation sites is 2. The Morgan fingerprint density at radius 1 is 1.03 bits per heavy atom. The number of anilines is 1. The SMILES string of the molecule is O=C(CCCCCN1C(=O)C(CCO)Oc2ccccc21)OCc1ccccc1. The number of esters is 1. The topological polar surface area (TPSA) is 76.1 Å². The molecule has 154 valence electrons. The molecule has 1 N–H and O–H groups in total. The van der Waals surface area contributed by atoms with Gasteiger partial charge in [-0.2, -0.15) is 0 Å². The highest BCUT2D eigenvalue weighted by atomic mass is 16.5. The van der Waals surface area contributed by atoms with Crippen LogP contribution in [0.5, 0.6) is 5.75 Å². The summed E-state index contributed by atoms with van der Waals surface area (Å²) in [5, 5.41) is 9.19. The average Bonchev–Trinajstić information content (AvgIpc) is 2.75. The highest BCUT2D eigenvalue weighted by Gasteiger charge is 2.33. The van der Waals surface area contributed by atoms with Gasteiger partial charge < -0.3 is 19.5 Å². The second-order valence-corrected chi connectivity index (χ2v) is 7.03. The molecule has 0 bridgehead atoms. The van der Waals surface area contributed by atoms with Gasteiger partial charge in [-0.1, -0.05) is 48.9 Å². The van der Waals surface area contributed by atoms with E-state index in [1.54, 1.807) is 4.90 Å². The monoisotopic (exact) mass is 397 g/mol. The minimum absolute atomic E-state index is 0.0997. The molecule has 1 atom stereocenters. The maximum atomic E-state index is 12.7. The van der Waals surface area contributed by atoms with Crippen molar-refractivity contribution in [3.63, 3.8) is 0 Å². The van der Waals surface area contributed by atoms with Crippen LogP contribution in [-0.2, 0) is 20.9 Å². The molecule has 1 aliphatic rings. The maximum absolute atomic E-state index is 12.7. The van der Waals surface area contributed by atoms with Crippen molar-refractivity contribution in [3.05, 3.63) is 60.2 Å². The second kappa shape index (κ2) is 10.6. The molecule has 2 aromatic rings. The number of carbonyl (C=O) groups is 2. The largest absolute Gasteiger partial charge is 0.478 e. The smallest absolute Gasteiger partial charge is 0.306 e. The van der Waals surface area contributed by atoms with Crippen molar-refractivity contribution in [1.29, 1.82) is 0 Å². The van der Waals surface area contributed by atoms with E-state index in [9.17, 15) is 14.7 Å². The van der Waals surface area contributed by atoms with Crippen molar-refractivity contribution in [2.75, 3.05) is 18.1 Å². The minimum Gasteiger partial charge on any atom is -0.478 e. The highest BCUT2D eigenvalue weighted by molar-refractivity contribution is 6.00. The van der Waals surface area contributed by atoms with Gasteiger partial charge in [-0.15, -0.1) is 0 Å². The molecule has 0 saturated heterocycles. The fraction of sp³-hybridized carbons (Fsp3) is 0.391. The van der Waals surface area contributed by atoms with E-state index in [2.05, 4.69) is 0 Å². The van der Waals surface area contributed by atoms with E-state index < -0.39 is 6.10 Å². The number of aliphatic hydroxyl groups excluding tert-OH is 1. The normalized spacial score (nSPS) is 15.6. The number of fused-ring (bicyclic) bond motifs is 1. The van der Waals surface area contributed by atoms with Crippen LogP contribution in [-0.4, -0.2) is 36.2 Å². The quantitative estimate of drug-likeness (QED) is 0.491. The van der Waals surface area contributed by atoms with E-state index in [1.165, 1.54) is 0 Å². The molecular weight excluding hydrogens is 370 g/mol. The Morgan fingerprint density at radius 2 is 1.79 bits per heavy atom. The Labute approximate surface area is 171 Å². The third-order valence-electron chi connectivity index (χ3n) is 4.86. The fourth-order valence-corrected chi connectivity index (χ4v) is 3.33. The van der Waals surface area contributed by atoms with E-state index >= 15 is 0 Å². The Morgan fingerprint density at radius 3 is 2.59 bits per heavy atom. The Balaban J connectivity index is 1.42. The number of hydrogen-bond donors (Lipinski definition) is 1. The zero-order chi connectivity index (χ0) is 20.5. The van der Waals surface area contributed by atoms with Gasteiger partial charge in [-0.3, -0.25) is 9.59 Å². The third-order valence-corrected chi connectivity index (χ3v) is 4.86. The van der Waals surface area contributed by atoms with Gasteiger partial charge in [0.1, 0.15) is 12.4 Å². The molecule has 1 heterocycles. The summed E-state index contributed by atoms with van der Waals surface area (Å²) in [5.41, 5.74) is 1.73. The summed E-state index contributed by atoms with van der Waals surface area (Å²) in [6, 6.07) is 17.0.